The lowest BCUT2D eigenvalue weighted by Crippen LogP contribution is -2.58. The largest absolute Gasteiger partial charge is 0.445 e. The van der Waals surface area contributed by atoms with E-state index in [1.54, 1.807) is 60.7 Å². The molecule has 1 heterocycles. The molecule has 43 heavy (non-hydrogen) atoms. The second-order valence-corrected chi connectivity index (χ2v) is 10.5. The fourth-order valence-electron chi connectivity index (χ4n) is 5.17. The summed E-state index contributed by atoms with van der Waals surface area (Å²) >= 11 is 0. The summed E-state index contributed by atoms with van der Waals surface area (Å²) in [5.41, 5.74) is 2.35. The van der Waals surface area contributed by atoms with Gasteiger partial charge in [-0.15, -0.1) is 0 Å². The SMILES string of the molecule is CC(OC[C@@]1(c2ccccc2)CCC(C(N)=O)CN1C(=O)OCc1ccccc1)c1cc(C(F)(F)F)cc(C(F)(F)F)c1. The number of ether oxygens (including phenoxy) is 2. The van der Waals surface area contributed by atoms with Crippen molar-refractivity contribution in [3.8, 4) is 0 Å². The van der Waals surface area contributed by atoms with Crippen LogP contribution in [-0.4, -0.2) is 30.1 Å². The molecule has 0 radical (unpaired) electrons. The first kappa shape index (κ1) is 31.9. The zero-order valence-electron chi connectivity index (χ0n) is 23.1. The van der Waals surface area contributed by atoms with Crippen LogP contribution in [0.15, 0.2) is 78.9 Å². The van der Waals surface area contributed by atoms with Crippen molar-refractivity contribution in [3.05, 3.63) is 107 Å². The number of hydrogen-bond donors (Lipinski definition) is 1. The van der Waals surface area contributed by atoms with Crippen LogP contribution in [0.3, 0.4) is 0 Å². The third-order valence-corrected chi connectivity index (χ3v) is 7.62. The molecule has 0 bridgehead atoms. The van der Waals surface area contributed by atoms with E-state index in [0.717, 1.165) is 0 Å². The minimum atomic E-state index is -5.02. The van der Waals surface area contributed by atoms with E-state index in [1.807, 2.05) is 0 Å². The quantitative estimate of drug-likeness (QED) is 0.274. The summed E-state index contributed by atoms with van der Waals surface area (Å²) in [6.45, 7) is 0.810. The lowest BCUT2D eigenvalue weighted by molar-refractivity contribution is -0.143. The number of carbonyl (C=O) groups is 2. The number of halogens is 6. The molecule has 0 aliphatic carbocycles. The van der Waals surface area contributed by atoms with Gasteiger partial charge in [0, 0.05) is 6.54 Å². The zero-order chi connectivity index (χ0) is 31.4. The maximum Gasteiger partial charge on any atom is 0.416 e. The Morgan fingerprint density at radius 2 is 1.49 bits per heavy atom. The highest BCUT2D eigenvalue weighted by Crippen LogP contribution is 2.43. The number of nitrogens with zero attached hydrogens (tertiary/aromatic N) is 1. The van der Waals surface area contributed by atoms with Crippen LogP contribution in [0.1, 0.15) is 53.7 Å². The molecule has 0 spiro atoms. The molecule has 2 amide bonds. The van der Waals surface area contributed by atoms with Crippen LogP contribution in [0.25, 0.3) is 0 Å². The minimum Gasteiger partial charge on any atom is -0.445 e. The maximum atomic E-state index is 13.6. The lowest BCUT2D eigenvalue weighted by Gasteiger charge is -2.48. The molecule has 1 fully saturated rings. The monoisotopic (exact) mass is 608 g/mol. The van der Waals surface area contributed by atoms with E-state index in [1.165, 1.54) is 11.8 Å². The number of alkyl halides is 6. The lowest BCUT2D eigenvalue weighted by atomic mass is 9.77. The van der Waals surface area contributed by atoms with Crippen LogP contribution < -0.4 is 5.73 Å². The Bertz CT molecular complexity index is 1380. The average molecular weight is 609 g/mol. The molecule has 2 unspecified atom stereocenters. The molecule has 3 atom stereocenters. The Hall–Kier alpha value is -4.06. The summed E-state index contributed by atoms with van der Waals surface area (Å²) in [7, 11) is 0. The minimum absolute atomic E-state index is 0.0528. The molecule has 2 N–H and O–H groups in total. The molecule has 0 saturated carbocycles. The van der Waals surface area contributed by atoms with E-state index in [2.05, 4.69) is 0 Å². The Morgan fingerprint density at radius 3 is 2.02 bits per heavy atom. The van der Waals surface area contributed by atoms with E-state index in [-0.39, 0.29) is 44.2 Å². The van der Waals surface area contributed by atoms with Gasteiger partial charge in [0.15, 0.2) is 0 Å². The molecule has 3 aromatic carbocycles. The molecule has 230 valence electrons. The highest BCUT2D eigenvalue weighted by Gasteiger charge is 2.48. The number of likely N-dealkylation sites (tertiary alicyclic amines) is 1. The fourth-order valence-corrected chi connectivity index (χ4v) is 5.17. The molecule has 4 rings (SSSR count). The first-order chi connectivity index (χ1) is 20.2. The number of amides is 2. The Morgan fingerprint density at radius 1 is 0.930 bits per heavy atom. The van der Waals surface area contributed by atoms with Gasteiger partial charge in [-0.05, 0) is 54.7 Å². The van der Waals surface area contributed by atoms with Crippen molar-refractivity contribution in [2.45, 2.75) is 50.4 Å². The number of piperidine rings is 1. The molecule has 1 aliphatic rings. The van der Waals surface area contributed by atoms with Crippen LogP contribution >= 0.6 is 0 Å². The molecule has 1 aliphatic heterocycles. The summed E-state index contributed by atoms with van der Waals surface area (Å²) in [4.78, 5) is 27.1. The first-order valence-corrected chi connectivity index (χ1v) is 13.4. The number of carbonyl (C=O) groups excluding carboxylic acids is 2. The van der Waals surface area contributed by atoms with Gasteiger partial charge in [-0.1, -0.05) is 60.7 Å². The molecule has 12 heteroatoms. The van der Waals surface area contributed by atoms with Crippen molar-refractivity contribution in [3.63, 3.8) is 0 Å². The Kier molecular flexibility index (Phi) is 9.38. The Balaban J connectivity index is 1.69. The number of nitrogens with two attached hydrogens (primary N) is 1. The molecular weight excluding hydrogens is 578 g/mol. The van der Waals surface area contributed by atoms with Gasteiger partial charge < -0.3 is 15.2 Å². The number of rotatable bonds is 8. The smallest absolute Gasteiger partial charge is 0.416 e. The van der Waals surface area contributed by atoms with Crippen molar-refractivity contribution < 1.29 is 45.4 Å². The van der Waals surface area contributed by atoms with Crippen LogP contribution in [0, 0.1) is 5.92 Å². The van der Waals surface area contributed by atoms with Crippen LogP contribution in [0.4, 0.5) is 31.1 Å². The van der Waals surface area contributed by atoms with Crippen molar-refractivity contribution in [2.24, 2.45) is 11.7 Å². The topological polar surface area (TPSA) is 81.9 Å². The van der Waals surface area contributed by atoms with Gasteiger partial charge in [0.05, 0.1) is 35.3 Å². The summed E-state index contributed by atoms with van der Waals surface area (Å²) in [5, 5.41) is 0. The molecular formula is C31H30F6N2O4. The van der Waals surface area contributed by atoms with E-state index in [0.29, 0.717) is 23.3 Å². The molecule has 1 saturated heterocycles. The number of benzene rings is 3. The van der Waals surface area contributed by atoms with Crippen molar-refractivity contribution in [1.82, 2.24) is 4.90 Å². The second-order valence-electron chi connectivity index (χ2n) is 10.5. The van der Waals surface area contributed by atoms with Crippen LogP contribution in [0.2, 0.25) is 0 Å². The molecule has 6 nitrogen and oxygen atoms in total. The van der Waals surface area contributed by atoms with E-state index in [4.69, 9.17) is 15.2 Å². The van der Waals surface area contributed by atoms with Gasteiger partial charge in [0.1, 0.15) is 6.61 Å². The van der Waals surface area contributed by atoms with Gasteiger partial charge in [0.2, 0.25) is 5.91 Å². The van der Waals surface area contributed by atoms with Crippen molar-refractivity contribution in [2.75, 3.05) is 13.2 Å². The second kappa shape index (κ2) is 12.7. The third-order valence-electron chi connectivity index (χ3n) is 7.62. The predicted molar refractivity (Wildman–Crippen MR) is 144 cm³/mol. The van der Waals surface area contributed by atoms with Gasteiger partial charge in [-0.2, -0.15) is 26.3 Å². The van der Waals surface area contributed by atoms with Crippen molar-refractivity contribution in [1.29, 1.82) is 0 Å². The van der Waals surface area contributed by atoms with E-state index < -0.39 is 53.0 Å². The van der Waals surface area contributed by atoms with E-state index >= 15 is 0 Å². The first-order valence-electron chi connectivity index (χ1n) is 13.4. The highest BCUT2D eigenvalue weighted by molar-refractivity contribution is 5.78. The highest BCUT2D eigenvalue weighted by atomic mass is 19.4. The Labute approximate surface area is 244 Å². The van der Waals surface area contributed by atoms with Gasteiger partial charge in [-0.3, -0.25) is 9.69 Å². The number of primary amides is 1. The summed E-state index contributed by atoms with van der Waals surface area (Å²) in [6, 6.07) is 18.8. The van der Waals surface area contributed by atoms with Crippen LogP contribution in [0.5, 0.6) is 0 Å². The number of hydrogen-bond acceptors (Lipinski definition) is 4. The van der Waals surface area contributed by atoms with Crippen LogP contribution in [-0.2, 0) is 38.8 Å². The molecule has 3 aromatic rings. The summed E-state index contributed by atoms with van der Waals surface area (Å²) in [6.07, 6.45) is -11.6. The normalized spacial score (nSPS) is 20.0. The summed E-state index contributed by atoms with van der Waals surface area (Å²) in [5.74, 6) is -1.34. The van der Waals surface area contributed by atoms with Gasteiger partial charge in [0.25, 0.3) is 0 Å². The van der Waals surface area contributed by atoms with Crippen molar-refractivity contribution >= 4 is 12.0 Å². The zero-order valence-corrected chi connectivity index (χ0v) is 23.1. The third kappa shape index (κ3) is 7.48. The maximum absolute atomic E-state index is 13.6. The molecule has 0 aromatic heterocycles. The fraction of sp³-hybridized carbons (Fsp3) is 0.355. The standard InChI is InChI=1S/C31H30F6N2O4/c1-20(23-14-25(30(32,33)34)16-26(15-23)31(35,36)37)43-19-29(24-10-6-3-7-11-24)13-12-22(27(38)40)17-39(29)28(41)42-18-21-8-4-2-5-9-21/h2-11,14-16,20,22H,12-13,17-19H2,1H3,(H2,38,40)/t20?,22?,29-/m1/s1. The predicted octanol–water partition coefficient (Wildman–Crippen LogP) is 7.23. The van der Waals surface area contributed by atoms with Gasteiger partial charge in [-0.25, -0.2) is 4.79 Å². The summed E-state index contributed by atoms with van der Waals surface area (Å²) < 4.78 is 92.5. The van der Waals surface area contributed by atoms with Gasteiger partial charge >= 0.3 is 18.4 Å². The van der Waals surface area contributed by atoms with E-state index in [9.17, 15) is 35.9 Å². The average Bonchev–Trinajstić information content (AvgIpc) is 2.98.